The fraction of sp³-hybridized carbons (Fsp3) is 0.350. The Bertz CT molecular complexity index is 697. The van der Waals surface area contributed by atoms with Gasteiger partial charge in [0.25, 0.3) is 0 Å². The molecule has 1 aliphatic rings. The molecule has 1 N–H and O–H groups in total. The second-order valence-electron chi connectivity index (χ2n) is 6.16. The number of halogens is 1. The molecular formula is C20H23FN2O2. The molecule has 1 aliphatic heterocycles. The van der Waals surface area contributed by atoms with Crippen molar-refractivity contribution in [2.24, 2.45) is 0 Å². The Hall–Kier alpha value is -2.24. The van der Waals surface area contributed by atoms with Crippen molar-refractivity contribution in [3.05, 3.63) is 59.9 Å². The number of morpholine rings is 1. The molecule has 1 amide bonds. The van der Waals surface area contributed by atoms with E-state index in [1.165, 1.54) is 6.07 Å². The first-order chi connectivity index (χ1) is 12.2. The zero-order valence-corrected chi connectivity index (χ0v) is 14.2. The number of benzene rings is 2. The van der Waals surface area contributed by atoms with Crippen LogP contribution >= 0.6 is 0 Å². The maximum Gasteiger partial charge on any atom is 0.224 e. The van der Waals surface area contributed by atoms with Crippen LogP contribution in [-0.4, -0.2) is 50.2 Å². The van der Waals surface area contributed by atoms with E-state index in [0.29, 0.717) is 18.5 Å². The molecule has 0 radical (unpaired) electrons. The van der Waals surface area contributed by atoms with E-state index >= 15 is 0 Å². The Kier molecular flexibility index (Phi) is 6.14. The van der Waals surface area contributed by atoms with Crippen LogP contribution in [0.3, 0.4) is 0 Å². The summed E-state index contributed by atoms with van der Waals surface area (Å²) < 4.78 is 19.1. The number of rotatable bonds is 6. The average Bonchev–Trinajstić information content (AvgIpc) is 2.64. The Morgan fingerprint density at radius 2 is 1.80 bits per heavy atom. The number of nitrogens with one attached hydrogen (secondary N) is 1. The molecule has 5 heteroatoms. The molecule has 2 aromatic rings. The van der Waals surface area contributed by atoms with Crippen molar-refractivity contribution in [2.75, 3.05) is 39.4 Å². The predicted octanol–water partition coefficient (Wildman–Crippen LogP) is 2.48. The summed E-state index contributed by atoms with van der Waals surface area (Å²) in [6.07, 6.45) is 0.334. The largest absolute Gasteiger partial charge is 0.379 e. The Morgan fingerprint density at radius 1 is 1.08 bits per heavy atom. The summed E-state index contributed by atoms with van der Waals surface area (Å²) in [7, 11) is 0. The predicted molar refractivity (Wildman–Crippen MR) is 95.8 cm³/mol. The lowest BCUT2D eigenvalue weighted by molar-refractivity contribution is -0.120. The van der Waals surface area contributed by atoms with Crippen molar-refractivity contribution in [2.45, 2.75) is 6.42 Å². The second kappa shape index (κ2) is 8.74. The van der Waals surface area contributed by atoms with Gasteiger partial charge in [0.1, 0.15) is 5.82 Å². The van der Waals surface area contributed by atoms with Crippen LogP contribution in [0.15, 0.2) is 48.5 Å². The smallest absolute Gasteiger partial charge is 0.224 e. The second-order valence-corrected chi connectivity index (χ2v) is 6.16. The third kappa shape index (κ3) is 5.11. The molecule has 0 spiro atoms. The van der Waals surface area contributed by atoms with E-state index in [1.54, 1.807) is 12.1 Å². The molecule has 0 aromatic heterocycles. The average molecular weight is 342 g/mol. The van der Waals surface area contributed by atoms with Gasteiger partial charge in [-0.25, -0.2) is 4.39 Å². The highest BCUT2D eigenvalue weighted by Crippen LogP contribution is 2.22. The van der Waals surface area contributed by atoms with E-state index in [-0.39, 0.29) is 11.7 Å². The molecule has 132 valence electrons. The lowest BCUT2D eigenvalue weighted by Gasteiger charge is -2.26. The quantitative estimate of drug-likeness (QED) is 0.877. The van der Waals surface area contributed by atoms with Gasteiger partial charge in [-0.1, -0.05) is 42.5 Å². The number of ether oxygens (including phenoxy) is 1. The van der Waals surface area contributed by atoms with Crippen LogP contribution in [-0.2, 0) is 16.0 Å². The molecule has 3 rings (SSSR count). The number of amides is 1. The third-order valence-electron chi connectivity index (χ3n) is 4.36. The number of nitrogens with zero attached hydrogens (tertiary/aromatic N) is 1. The number of carbonyl (C=O) groups is 1. The van der Waals surface area contributed by atoms with E-state index in [1.807, 2.05) is 30.3 Å². The summed E-state index contributed by atoms with van der Waals surface area (Å²) in [6, 6.07) is 14.2. The lowest BCUT2D eigenvalue weighted by Crippen LogP contribution is -2.41. The molecular weight excluding hydrogens is 319 g/mol. The Balaban J connectivity index is 1.47. The molecule has 1 heterocycles. The zero-order chi connectivity index (χ0) is 17.5. The summed E-state index contributed by atoms with van der Waals surface area (Å²) in [4.78, 5) is 14.3. The fourth-order valence-corrected chi connectivity index (χ4v) is 2.92. The number of hydrogen-bond donors (Lipinski definition) is 1. The minimum absolute atomic E-state index is 0.00639. The first kappa shape index (κ1) is 17.6. The summed E-state index contributed by atoms with van der Waals surface area (Å²) >= 11 is 0. The third-order valence-corrected chi connectivity index (χ3v) is 4.36. The molecule has 1 fully saturated rings. The zero-order valence-electron chi connectivity index (χ0n) is 14.2. The molecule has 0 atom stereocenters. The van der Waals surface area contributed by atoms with Gasteiger partial charge in [-0.15, -0.1) is 0 Å². The molecule has 2 aromatic carbocycles. The van der Waals surface area contributed by atoms with Gasteiger partial charge >= 0.3 is 0 Å². The molecule has 1 saturated heterocycles. The topological polar surface area (TPSA) is 41.6 Å². The summed E-state index contributed by atoms with van der Waals surface area (Å²) in [5.74, 6) is -0.233. The van der Waals surface area contributed by atoms with Gasteiger partial charge in [0.2, 0.25) is 5.91 Å². The van der Waals surface area contributed by atoms with Crippen molar-refractivity contribution in [1.82, 2.24) is 10.2 Å². The van der Waals surface area contributed by atoms with Crippen molar-refractivity contribution in [1.29, 1.82) is 0 Å². The van der Waals surface area contributed by atoms with Gasteiger partial charge in [0.15, 0.2) is 0 Å². The van der Waals surface area contributed by atoms with Gasteiger partial charge in [0, 0.05) is 31.7 Å². The van der Waals surface area contributed by atoms with Crippen LogP contribution in [0.1, 0.15) is 5.56 Å². The van der Waals surface area contributed by atoms with Crippen LogP contribution < -0.4 is 5.32 Å². The maximum absolute atomic E-state index is 13.8. The Labute approximate surface area is 147 Å². The normalized spacial score (nSPS) is 15.1. The summed E-state index contributed by atoms with van der Waals surface area (Å²) in [5.41, 5.74) is 2.31. The van der Waals surface area contributed by atoms with Crippen LogP contribution in [0.4, 0.5) is 4.39 Å². The van der Waals surface area contributed by atoms with E-state index in [2.05, 4.69) is 10.2 Å². The van der Waals surface area contributed by atoms with Gasteiger partial charge in [-0.05, 0) is 17.2 Å². The molecule has 25 heavy (non-hydrogen) atoms. The number of carbonyl (C=O) groups excluding carboxylic acids is 1. The minimum atomic E-state index is -0.240. The van der Waals surface area contributed by atoms with Gasteiger partial charge in [-0.3, -0.25) is 9.69 Å². The van der Waals surface area contributed by atoms with E-state index in [4.69, 9.17) is 4.74 Å². The highest BCUT2D eigenvalue weighted by molar-refractivity contribution is 5.78. The maximum atomic E-state index is 13.8. The van der Waals surface area contributed by atoms with Gasteiger partial charge < -0.3 is 10.1 Å². The standard InChI is InChI=1S/C20H23FN2O2/c21-19-4-2-1-3-18(19)17-7-5-16(6-8-17)15-20(24)22-9-10-23-11-13-25-14-12-23/h1-8H,9-15H2,(H,22,24). The molecule has 0 bridgehead atoms. The van der Waals surface area contributed by atoms with Crippen LogP contribution in [0, 0.1) is 5.82 Å². The SMILES string of the molecule is O=C(Cc1ccc(-c2ccccc2F)cc1)NCCN1CCOCC1. The van der Waals surface area contributed by atoms with E-state index in [0.717, 1.165) is 44.0 Å². The van der Waals surface area contributed by atoms with Crippen LogP contribution in [0.2, 0.25) is 0 Å². The first-order valence-corrected chi connectivity index (χ1v) is 8.63. The van der Waals surface area contributed by atoms with Crippen molar-refractivity contribution in [3.63, 3.8) is 0 Å². The molecule has 4 nitrogen and oxygen atoms in total. The minimum Gasteiger partial charge on any atom is -0.379 e. The van der Waals surface area contributed by atoms with Crippen LogP contribution in [0.25, 0.3) is 11.1 Å². The summed E-state index contributed by atoms with van der Waals surface area (Å²) in [5, 5.41) is 2.95. The van der Waals surface area contributed by atoms with Crippen molar-refractivity contribution >= 4 is 5.91 Å². The summed E-state index contributed by atoms with van der Waals surface area (Å²) in [6.45, 7) is 4.87. The number of hydrogen-bond acceptors (Lipinski definition) is 3. The highest BCUT2D eigenvalue weighted by atomic mass is 19.1. The molecule has 0 saturated carbocycles. The van der Waals surface area contributed by atoms with Crippen molar-refractivity contribution in [3.8, 4) is 11.1 Å². The lowest BCUT2D eigenvalue weighted by atomic mass is 10.0. The van der Waals surface area contributed by atoms with Crippen LogP contribution in [0.5, 0.6) is 0 Å². The van der Waals surface area contributed by atoms with Crippen molar-refractivity contribution < 1.29 is 13.9 Å². The fourth-order valence-electron chi connectivity index (χ4n) is 2.92. The Morgan fingerprint density at radius 3 is 2.52 bits per heavy atom. The first-order valence-electron chi connectivity index (χ1n) is 8.63. The van der Waals surface area contributed by atoms with Gasteiger partial charge in [-0.2, -0.15) is 0 Å². The van der Waals surface area contributed by atoms with E-state index < -0.39 is 0 Å². The molecule has 0 aliphatic carbocycles. The molecule has 0 unspecified atom stereocenters. The van der Waals surface area contributed by atoms with Gasteiger partial charge in [0.05, 0.1) is 19.6 Å². The highest BCUT2D eigenvalue weighted by Gasteiger charge is 2.10. The van der Waals surface area contributed by atoms with E-state index in [9.17, 15) is 9.18 Å². The monoisotopic (exact) mass is 342 g/mol.